The van der Waals surface area contributed by atoms with Crippen molar-refractivity contribution in [2.75, 3.05) is 9.80 Å². The molecule has 1 fully saturated rings. The number of halogens is 2. The smallest absolute Gasteiger partial charge is 0.399 e. The van der Waals surface area contributed by atoms with E-state index in [1.165, 1.54) is 193 Å². The highest BCUT2D eigenvalue weighted by Gasteiger charge is 2.52. The first-order valence-electron chi connectivity index (χ1n) is 40.1. The molecular weight excluding hydrogens is 1500 g/mol. The van der Waals surface area contributed by atoms with Crippen molar-refractivity contribution in [2.45, 2.75) is 46.3 Å². The lowest BCUT2D eigenvalue weighted by molar-refractivity contribution is 0.00578. The molecule has 0 aliphatic carbocycles. The van der Waals surface area contributed by atoms with Crippen LogP contribution in [0.5, 0.6) is 0 Å². The van der Waals surface area contributed by atoms with Crippen molar-refractivity contribution in [2.24, 2.45) is 0 Å². The summed E-state index contributed by atoms with van der Waals surface area (Å²) in [6.45, 7) is 8.42. The largest absolute Gasteiger partial charge is 0.495 e. The summed E-state index contributed by atoms with van der Waals surface area (Å²) in [6.07, 6.45) is 0. The van der Waals surface area contributed by atoms with Gasteiger partial charge in [0.1, 0.15) is 0 Å². The highest BCUT2D eigenvalue weighted by molar-refractivity contribution is 9.10. The normalized spacial score (nSPS) is 13.3. The van der Waals surface area contributed by atoms with Crippen molar-refractivity contribution in [3.05, 3.63) is 405 Å². The molecule has 0 aromatic heterocycles. The summed E-state index contributed by atoms with van der Waals surface area (Å²) >= 11 is 3.65. The predicted molar refractivity (Wildman–Crippen MR) is 507 cm³/mol. The van der Waals surface area contributed by atoms with E-state index in [-0.39, 0.29) is 23.3 Å². The number of rotatable bonds is 6. The molecule has 0 spiro atoms. The van der Waals surface area contributed by atoms with E-state index in [9.17, 15) is 0 Å². The van der Waals surface area contributed by atoms with Crippen LogP contribution in [0, 0.1) is 0 Å². The van der Waals surface area contributed by atoms with Crippen molar-refractivity contribution < 1.29 is 14.0 Å². The topological polar surface area (TPSA) is 24.9 Å². The fourth-order valence-electron chi connectivity index (χ4n) is 18.4. The molecule has 23 rings (SSSR count). The molecule has 20 aromatic carbocycles. The molecule has 3 aliphatic rings. The molecule has 566 valence electrons. The number of hydrogen-bond donors (Lipinski definition) is 0. The lowest BCUT2D eigenvalue weighted by Crippen LogP contribution is -2.41. The summed E-state index contributed by atoms with van der Waals surface area (Å²) in [5.74, 6) is 0. The standard InChI is InChI=1S/C52H33N.C34H29BO2.C24H16BrN.CH4.FH/c1-2-14-36(15-3-1)53-51-24-12-10-22-47(51)46-29-27-35(33-50(46)48-23-11-13-25-52(48)53)38-31-30-37(39-16-4-5-17-40(38)39)34-26-28-45-43-20-7-6-18-41(43)42-19-8-9-21-44(42)49(45)32-34;1-33(2)34(3,4)37-35(36-33)32-20-19-23(24-11-9-10-16-30(24)32)22-17-18-29-27-14-6-5-12-25(27)26-13-7-8-15-28(26)31(29)21-22;25-17-14-15-19-20-10-4-6-12-23(20)26(18-8-2-1-3-9-18)24-13-7-5-11-21(24)22(19)16-17;;/h1-33H;5-21H,1-4H3;1-16H;1H4;1H. The van der Waals surface area contributed by atoms with Crippen LogP contribution in [0.1, 0.15) is 35.1 Å². The Morgan fingerprint density at radius 2 is 0.483 bits per heavy atom. The van der Waals surface area contributed by atoms with Crippen LogP contribution in [-0.4, -0.2) is 18.3 Å². The first kappa shape index (κ1) is 74.6. The third kappa shape index (κ3) is 12.6. The lowest BCUT2D eigenvalue weighted by Gasteiger charge is -2.32. The minimum atomic E-state index is -0.393. The fraction of sp³-hybridized carbons (Fsp3) is 0.0631. The average molecular weight is 1590 g/mol. The molecule has 118 heavy (non-hydrogen) atoms. The van der Waals surface area contributed by atoms with Gasteiger partial charge in [-0.15, -0.1) is 0 Å². The molecule has 3 aliphatic heterocycles. The van der Waals surface area contributed by atoms with Crippen LogP contribution in [0.2, 0.25) is 0 Å². The van der Waals surface area contributed by atoms with Crippen LogP contribution in [0.3, 0.4) is 0 Å². The van der Waals surface area contributed by atoms with Gasteiger partial charge in [0.2, 0.25) is 0 Å². The summed E-state index contributed by atoms with van der Waals surface area (Å²) in [6, 6.07) is 145. The second-order valence-corrected chi connectivity index (χ2v) is 32.5. The van der Waals surface area contributed by atoms with Crippen LogP contribution in [0.25, 0.3) is 164 Å². The van der Waals surface area contributed by atoms with Gasteiger partial charge in [0.05, 0.1) is 34.0 Å². The Bertz CT molecular complexity index is 7260. The second kappa shape index (κ2) is 30.3. The van der Waals surface area contributed by atoms with Crippen LogP contribution in [0.15, 0.2) is 405 Å². The van der Waals surface area contributed by atoms with Crippen molar-refractivity contribution in [3.63, 3.8) is 0 Å². The van der Waals surface area contributed by atoms with Crippen molar-refractivity contribution in [1.82, 2.24) is 0 Å². The Hall–Kier alpha value is -13.5. The van der Waals surface area contributed by atoms with E-state index in [2.05, 4.69) is 454 Å². The van der Waals surface area contributed by atoms with E-state index in [4.69, 9.17) is 9.31 Å². The summed E-state index contributed by atoms with van der Waals surface area (Å²) in [5.41, 5.74) is 24.7. The monoisotopic (exact) mass is 1580 g/mol. The molecule has 0 amide bonds. The third-order valence-electron chi connectivity index (χ3n) is 24.6. The second-order valence-electron chi connectivity index (χ2n) is 31.6. The van der Waals surface area contributed by atoms with Gasteiger partial charge in [-0.25, -0.2) is 0 Å². The molecule has 3 heterocycles. The Labute approximate surface area is 696 Å². The zero-order valence-corrected chi connectivity index (χ0v) is 66.8. The average Bonchev–Trinajstić information content (AvgIpc) is 0.944. The van der Waals surface area contributed by atoms with Gasteiger partial charge >= 0.3 is 7.12 Å². The van der Waals surface area contributed by atoms with Gasteiger partial charge in [0.15, 0.2) is 0 Å². The maximum Gasteiger partial charge on any atom is 0.495 e. The van der Waals surface area contributed by atoms with Crippen LogP contribution in [-0.2, 0) is 9.31 Å². The highest BCUT2D eigenvalue weighted by Crippen LogP contribution is 2.54. The molecule has 0 unspecified atom stereocenters. The van der Waals surface area contributed by atoms with Gasteiger partial charge < -0.3 is 19.1 Å². The Morgan fingerprint density at radius 1 is 0.220 bits per heavy atom. The van der Waals surface area contributed by atoms with Crippen molar-refractivity contribution in [1.29, 1.82) is 0 Å². The fourth-order valence-corrected chi connectivity index (χ4v) is 18.8. The van der Waals surface area contributed by atoms with Gasteiger partial charge in [-0.05, 0) is 254 Å². The summed E-state index contributed by atoms with van der Waals surface area (Å²) in [5, 5.41) is 20.4. The number of anilines is 6. The minimum Gasteiger partial charge on any atom is -0.399 e. The van der Waals surface area contributed by atoms with Gasteiger partial charge in [-0.2, -0.15) is 0 Å². The predicted octanol–water partition coefficient (Wildman–Crippen LogP) is 31.4. The maximum atomic E-state index is 6.43. The quantitative estimate of drug-likeness (QED) is 0.122. The molecular formula is C111H83BBrFN2O2. The third-order valence-corrected chi connectivity index (χ3v) is 25.1. The summed E-state index contributed by atoms with van der Waals surface area (Å²) < 4.78 is 14.0. The SMILES string of the molecule is Brc1ccc2c(c1)-c1ccccc1N(c1ccccc1)c1ccccc1-2.C.CC1(C)OB(c2ccc(-c3ccc4c5ccccc5c5ccccc5c4c3)c3ccccc23)OC1(C)C.F.c1ccc(N2c3ccccc3-c3ccc(-c4ccc(-c5ccc6c7ccccc7c7ccccc7c6c5)c5ccccc45)cc3-c3ccccc32)cc1. The summed E-state index contributed by atoms with van der Waals surface area (Å²) in [4.78, 5) is 4.77. The molecule has 1 saturated heterocycles. The van der Waals surface area contributed by atoms with Crippen molar-refractivity contribution >= 4 is 149 Å². The van der Waals surface area contributed by atoms with Crippen LogP contribution in [0.4, 0.5) is 38.8 Å². The Morgan fingerprint density at radius 3 is 0.873 bits per heavy atom. The van der Waals surface area contributed by atoms with Crippen LogP contribution < -0.4 is 15.3 Å². The van der Waals surface area contributed by atoms with Gasteiger partial charge in [0.25, 0.3) is 0 Å². The molecule has 0 atom stereocenters. The zero-order valence-electron chi connectivity index (χ0n) is 65.2. The Balaban J connectivity index is 0.000000124. The number of para-hydroxylation sites is 6. The minimum absolute atomic E-state index is 0. The van der Waals surface area contributed by atoms with Gasteiger partial charge in [-0.3, -0.25) is 4.70 Å². The molecule has 0 radical (unpaired) electrons. The van der Waals surface area contributed by atoms with Crippen LogP contribution >= 0.6 is 15.9 Å². The van der Waals surface area contributed by atoms with Crippen molar-refractivity contribution in [3.8, 4) is 77.9 Å². The first-order valence-corrected chi connectivity index (χ1v) is 40.9. The molecule has 4 nitrogen and oxygen atoms in total. The van der Waals surface area contributed by atoms with E-state index in [0.29, 0.717) is 0 Å². The molecule has 7 heteroatoms. The Kier molecular flexibility index (Phi) is 19.1. The highest BCUT2D eigenvalue weighted by atomic mass is 79.9. The maximum absolute atomic E-state index is 6.43. The lowest BCUT2D eigenvalue weighted by atomic mass is 9.75. The zero-order chi connectivity index (χ0) is 77.8. The van der Waals surface area contributed by atoms with Gasteiger partial charge in [0, 0.05) is 38.1 Å². The van der Waals surface area contributed by atoms with E-state index in [0.717, 1.165) is 15.6 Å². The molecule has 0 N–H and O–H groups in total. The van der Waals surface area contributed by atoms with E-state index in [1.54, 1.807) is 0 Å². The van der Waals surface area contributed by atoms with Gasteiger partial charge in [-0.1, -0.05) is 345 Å². The summed E-state index contributed by atoms with van der Waals surface area (Å²) in [7, 11) is -0.393. The van der Waals surface area contributed by atoms with E-state index >= 15 is 0 Å². The first-order chi connectivity index (χ1) is 57.0. The number of hydrogen-bond acceptors (Lipinski definition) is 4. The number of fused-ring (bicyclic) bond motifs is 24. The molecule has 20 aromatic rings. The van der Waals surface area contributed by atoms with E-state index < -0.39 is 7.12 Å². The van der Waals surface area contributed by atoms with E-state index in [1.807, 2.05) is 0 Å². The molecule has 0 bridgehead atoms. The number of benzene rings is 20. The number of nitrogens with zero attached hydrogens (tertiary/aromatic N) is 2. The molecule has 0 saturated carbocycles.